The van der Waals surface area contributed by atoms with Crippen LogP contribution in [0.5, 0.6) is 11.8 Å². The summed E-state index contributed by atoms with van der Waals surface area (Å²) in [5.74, 6) is -2.64. The Morgan fingerprint density at radius 2 is 1.51 bits per heavy atom. The molecule has 0 saturated heterocycles. The summed E-state index contributed by atoms with van der Waals surface area (Å²) in [4.78, 5) is 52.9. The van der Waals surface area contributed by atoms with Gasteiger partial charge < -0.3 is 29.8 Å². The van der Waals surface area contributed by atoms with Crippen molar-refractivity contribution in [2.75, 3.05) is 26.3 Å². The highest BCUT2D eigenvalue weighted by molar-refractivity contribution is 6.13. The van der Waals surface area contributed by atoms with Crippen LogP contribution in [0.1, 0.15) is 47.0 Å². The van der Waals surface area contributed by atoms with Crippen LogP contribution in [0, 0.1) is 0 Å². The van der Waals surface area contributed by atoms with E-state index in [0.717, 1.165) is 4.90 Å². The van der Waals surface area contributed by atoms with Gasteiger partial charge in [0.2, 0.25) is 17.7 Å². The number of aromatic hydroxyl groups is 2. The maximum atomic E-state index is 12.1. The zero-order chi connectivity index (χ0) is 26.2. The summed E-state index contributed by atoms with van der Waals surface area (Å²) in [5, 5.41) is 21.8. The zero-order valence-electron chi connectivity index (χ0n) is 20.4. The van der Waals surface area contributed by atoms with Crippen LogP contribution in [-0.2, 0) is 28.7 Å². The molecule has 1 aliphatic rings. The molecule has 3 amide bonds. The van der Waals surface area contributed by atoms with E-state index in [4.69, 9.17) is 14.3 Å². The molecule has 1 aromatic rings. The number of amides is 3. The first-order valence-electron chi connectivity index (χ1n) is 11.2. The van der Waals surface area contributed by atoms with E-state index in [1.807, 2.05) is 13.8 Å². The second-order valence-corrected chi connectivity index (χ2v) is 9.21. The summed E-state index contributed by atoms with van der Waals surface area (Å²) >= 11 is 0. The van der Waals surface area contributed by atoms with Gasteiger partial charge in [-0.25, -0.2) is 4.79 Å². The molecule has 2 rings (SSSR count). The number of carbonyl (C=O) groups is 4. The number of hydrogen-bond acceptors (Lipinski definition) is 9. The van der Waals surface area contributed by atoms with Gasteiger partial charge in [-0.3, -0.25) is 19.3 Å². The van der Waals surface area contributed by atoms with E-state index in [-0.39, 0.29) is 45.1 Å². The monoisotopic (exact) mass is 495 g/mol. The van der Waals surface area contributed by atoms with Crippen molar-refractivity contribution in [2.45, 2.75) is 58.2 Å². The Balaban J connectivity index is 1.62. The third-order valence-corrected chi connectivity index (χ3v) is 5.14. The minimum absolute atomic E-state index is 0.0114. The first kappa shape index (κ1) is 27.9. The van der Waals surface area contributed by atoms with Crippen molar-refractivity contribution in [3.8, 4) is 11.8 Å². The lowest BCUT2D eigenvalue weighted by atomic mass is 10.0. The summed E-state index contributed by atoms with van der Waals surface area (Å²) in [7, 11) is 0. The molecule has 12 nitrogen and oxygen atoms in total. The highest BCUT2D eigenvalue weighted by Gasteiger charge is 2.27. The normalized spacial score (nSPS) is 14.0. The highest BCUT2D eigenvalue weighted by atomic mass is 16.7. The van der Waals surface area contributed by atoms with Gasteiger partial charge in [0.25, 0.3) is 11.8 Å². The van der Waals surface area contributed by atoms with Crippen LogP contribution < -0.4 is 10.2 Å². The fourth-order valence-electron chi connectivity index (χ4n) is 3.14. The smallest absolute Gasteiger partial charge is 0.336 e. The first-order chi connectivity index (χ1) is 16.3. The highest BCUT2D eigenvalue weighted by Crippen LogP contribution is 2.22. The van der Waals surface area contributed by atoms with Crippen molar-refractivity contribution in [1.29, 1.82) is 0 Å². The number of nitrogens with zero attached hydrogens (tertiary/aromatic N) is 2. The van der Waals surface area contributed by atoms with Crippen molar-refractivity contribution in [3.63, 3.8) is 0 Å². The lowest BCUT2D eigenvalue weighted by Crippen LogP contribution is -2.37. The molecule has 0 bridgehead atoms. The maximum absolute atomic E-state index is 12.1. The minimum atomic E-state index is -0.868. The van der Waals surface area contributed by atoms with E-state index in [9.17, 15) is 29.4 Å². The predicted molar refractivity (Wildman–Crippen MR) is 122 cm³/mol. The maximum Gasteiger partial charge on any atom is 0.336 e. The number of aromatic nitrogens is 1. The molecule has 35 heavy (non-hydrogen) atoms. The Hall–Kier alpha value is -3.38. The van der Waals surface area contributed by atoms with Crippen LogP contribution in [0.25, 0.3) is 0 Å². The number of imide groups is 1. The molecule has 0 saturated carbocycles. The average Bonchev–Trinajstić information content (AvgIpc) is 3.24. The van der Waals surface area contributed by atoms with E-state index in [1.165, 1.54) is 24.3 Å². The molecule has 0 spiro atoms. The number of rotatable bonds is 14. The molecule has 1 aliphatic heterocycles. The molecule has 0 aliphatic carbocycles. The zero-order valence-corrected chi connectivity index (χ0v) is 20.4. The first-order valence-corrected chi connectivity index (χ1v) is 11.2. The molecule has 2 heterocycles. The van der Waals surface area contributed by atoms with Gasteiger partial charge in [-0.15, -0.1) is 4.73 Å². The van der Waals surface area contributed by atoms with Gasteiger partial charge in [-0.05, 0) is 34.1 Å². The van der Waals surface area contributed by atoms with Crippen molar-refractivity contribution < 1.29 is 43.7 Å². The molecular weight excluding hydrogens is 462 g/mol. The number of ether oxygens (including phenoxy) is 2. The van der Waals surface area contributed by atoms with Gasteiger partial charge in [-0.2, -0.15) is 0 Å². The Morgan fingerprint density at radius 3 is 2.11 bits per heavy atom. The predicted octanol–water partition coefficient (Wildman–Crippen LogP) is 0.656. The molecule has 3 N–H and O–H groups in total. The third kappa shape index (κ3) is 9.06. The fourth-order valence-corrected chi connectivity index (χ4v) is 3.14. The van der Waals surface area contributed by atoms with Crippen molar-refractivity contribution >= 4 is 23.7 Å². The van der Waals surface area contributed by atoms with Crippen LogP contribution in [0.3, 0.4) is 0 Å². The van der Waals surface area contributed by atoms with Crippen LogP contribution in [0.4, 0.5) is 0 Å². The molecule has 0 radical (unpaired) electrons. The standard InChI is InChI=1S/C23H33N3O9/c1-22(2,34-14-11-24-16(27)9-12-25-17(28)5-6-18(25)29)10-13-33-23(3,4)15-21(32)35-26-19(30)7-8-20(26)31/h5-8,30-31H,9-15H2,1-4H3,(H,24,27). The quantitative estimate of drug-likeness (QED) is 0.249. The molecule has 194 valence electrons. The van der Waals surface area contributed by atoms with Crippen LogP contribution in [-0.4, -0.2) is 81.0 Å². The van der Waals surface area contributed by atoms with E-state index >= 15 is 0 Å². The second-order valence-electron chi connectivity index (χ2n) is 9.21. The largest absolute Gasteiger partial charge is 0.492 e. The Bertz CT molecular complexity index is 928. The van der Waals surface area contributed by atoms with Crippen molar-refractivity contribution in [3.05, 3.63) is 24.3 Å². The van der Waals surface area contributed by atoms with E-state index in [1.54, 1.807) is 13.8 Å². The Morgan fingerprint density at radius 1 is 0.943 bits per heavy atom. The molecular formula is C23H33N3O9. The van der Waals surface area contributed by atoms with Gasteiger partial charge in [0, 0.05) is 43.8 Å². The van der Waals surface area contributed by atoms with Crippen molar-refractivity contribution in [1.82, 2.24) is 14.9 Å². The van der Waals surface area contributed by atoms with E-state index in [2.05, 4.69) is 5.32 Å². The summed E-state index contributed by atoms with van der Waals surface area (Å²) < 4.78 is 12.2. The molecule has 12 heteroatoms. The average molecular weight is 496 g/mol. The molecule has 0 fully saturated rings. The molecule has 0 aromatic carbocycles. The number of carbonyl (C=O) groups excluding carboxylic acids is 4. The SMILES string of the molecule is CC(C)(CCOC(C)(C)CC(=O)On1c(O)ccc1O)OCCNC(=O)CCN1C(=O)C=CC1=O. The van der Waals surface area contributed by atoms with Gasteiger partial charge in [-0.1, -0.05) is 0 Å². The van der Waals surface area contributed by atoms with Crippen molar-refractivity contribution in [2.24, 2.45) is 0 Å². The molecule has 1 aromatic heterocycles. The topological polar surface area (TPSA) is 157 Å². The second kappa shape index (κ2) is 11.8. The van der Waals surface area contributed by atoms with Gasteiger partial charge in [0.15, 0.2) is 0 Å². The summed E-state index contributed by atoms with van der Waals surface area (Å²) in [6, 6.07) is 2.38. The molecule has 0 unspecified atom stereocenters. The fraction of sp³-hybridized carbons (Fsp3) is 0.565. The Labute approximate surface area is 203 Å². The van der Waals surface area contributed by atoms with Gasteiger partial charge in [0.05, 0.1) is 30.8 Å². The van der Waals surface area contributed by atoms with Crippen LogP contribution in [0.15, 0.2) is 24.3 Å². The third-order valence-electron chi connectivity index (χ3n) is 5.14. The van der Waals surface area contributed by atoms with E-state index < -0.39 is 40.7 Å². The lowest BCUT2D eigenvalue weighted by molar-refractivity contribution is -0.153. The number of hydrogen-bond donors (Lipinski definition) is 3. The van der Waals surface area contributed by atoms with Gasteiger partial charge >= 0.3 is 5.97 Å². The lowest BCUT2D eigenvalue weighted by Gasteiger charge is -2.29. The van der Waals surface area contributed by atoms with Gasteiger partial charge in [0.1, 0.15) is 0 Å². The summed E-state index contributed by atoms with van der Waals surface area (Å²) in [6.07, 6.45) is 2.74. The summed E-state index contributed by atoms with van der Waals surface area (Å²) in [6.45, 7) is 7.99. The minimum Gasteiger partial charge on any atom is -0.492 e. The number of nitrogens with one attached hydrogen (secondary N) is 1. The van der Waals surface area contributed by atoms with Crippen LogP contribution in [0.2, 0.25) is 0 Å². The van der Waals surface area contributed by atoms with Crippen LogP contribution >= 0.6 is 0 Å². The summed E-state index contributed by atoms with van der Waals surface area (Å²) in [5.41, 5.74) is -1.43. The molecule has 0 atom stereocenters. The van der Waals surface area contributed by atoms with E-state index in [0.29, 0.717) is 11.2 Å². The Kier molecular flexibility index (Phi) is 9.43.